The fourth-order valence-corrected chi connectivity index (χ4v) is 1.76. The quantitative estimate of drug-likeness (QED) is 0.779. The molecule has 2 rings (SSSR count). The summed E-state index contributed by atoms with van der Waals surface area (Å²) in [7, 11) is 0. The topological polar surface area (TPSA) is 71.8 Å². The van der Waals surface area contributed by atoms with Crippen molar-refractivity contribution in [1.29, 1.82) is 0 Å². The van der Waals surface area contributed by atoms with Crippen LogP contribution in [0.5, 0.6) is 0 Å². The Hall–Kier alpha value is -1.33. The van der Waals surface area contributed by atoms with Crippen molar-refractivity contribution >= 4 is 29.4 Å². The van der Waals surface area contributed by atoms with Crippen molar-refractivity contribution in [2.24, 2.45) is 0 Å². The first-order valence-corrected chi connectivity index (χ1v) is 4.54. The third-order valence-electron chi connectivity index (χ3n) is 1.64. The van der Waals surface area contributed by atoms with Crippen molar-refractivity contribution in [2.75, 3.05) is 5.73 Å². The largest absolute Gasteiger partial charge is 0.392 e. The molecule has 2 heterocycles. The maximum atomic E-state index is 11.1. The van der Waals surface area contributed by atoms with Crippen molar-refractivity contribution in [3.63, 3.8) is 0 Å². The molecule has 0 saturated heterocycles. The summed E-state index contributed by atoms with van der Waals surface area (Å²) < 4.78 is 0. The number of aromatic nitrogens is 2. The number of rotatable bonds is 1. The number of halogens is 1. The molecule has 0 unspecified atom stereocenters. The lowest BCUT2D eigenvalue weighted by molar-refractivity contribution is 1.13. The van der Waals surface area contributed by atoms with Gasteiger partial charge in [-0.3, -0.25) is 4.79 Å². The standard InChI is InChI=1S/C8H7N3OS.ClH/c9-6-7(5-2-1-3-13-5)10-4-11-8(6)12;/h1-4H,9H2,(H,10,11,12);1H. The second-order valence-corrected chi connectivity index (χ2v) is 3.42. The van der Waals surface area contributed by atoms with Crippen LogP contribution in [0.15, 0.2) is 28.6 Å². The highest BCUT2D eigenvalue weighted by atomic mass is 35.5. The molecule has 74 valence electrons. The van der Waals surface area contributed by atoms with Gasteiger partial charge in [0, 0.05) is 0 Å². The monoisotopic (exact) mass is 229 g/mol. The van der Waals surface area contributed by atoms with Crippen LogP contribution < -0.4 is 11.3 Å². The molecule has 0 aliphatic carbocycles. The molecule has 6 heteroatoms. The van der Waals surface area contributed by atoms with E-state index in [9.17, 15) is 4.79 Å². The number of anilines is 1. The van der Waals surface area contributed by atoms with Gasteiger partial charge in [0.1, 0.15) is 11.4 Å². The van der Waals surface area contributed by atoms with E-state index in [0.717, 1.165) is 4.88 Å². The van der Waals surface area contributed by atoms with Gasteiger partial charge in [0.2, 0.25) is 0 Å². The lowest BCUT2D eigenvalue weighted by Crippen LogP contribution is -2.13. The molecule has 0 spiro atoms. The van der Waals surface area contributed by atoms with Gasteiger partial charge >= 0.3 is 0 Å². The zero-order valence-corrected chi connectivity index (χ0v) is 8.69. The lowest BCUT2D eigenvalue weighted by atomic mass is 10.3. The van der Waals surface area contributed by atoms with Crippen LogP contribution in [0.4, 0.5) is 5.69 Å². The second kappa shape index (κ2) is 4.26. The zero-order chi connectivity index (χ0) is 9.26. The number of nitrogens with zero attached hydrogens (tertiary/aromatic N) is 1. The Morgan fingerprint density at radius 1 is 1.50 bits per heavy atom. The fourth-order valence-electron chi connectivity index (χ4n) is 1.02. The van der Waals surface area contributed by atoms with Crippen LogP contribution in [0.25, 0.3) is 10.6 Å². The van der Waals surface area contributed by atoms with Gasteiger partial charge in [0.15, 0.2) is 0 Å². The minimum atomic E-state index is -0.293. The minimum absolute atomic E-state index is 0. The molecule has 14 heavy (non-hydrogen) atoms. The summed E-state index contributed by atoms with van der Waals surface area (Å²) in [5.74, 6) is 0. The molecule has 0 amide bonds. The van der Waals surface area contributed by atoms with Crippen LogP contribution >= 0.6 is 23.7 Å². The Kier molecular flexibility index (Phi) is 3.27. The molecular weight excluding hydrogens is 222 g/mol. The number of thiophene rings is 1. The number of hydrogen-bond acceptors (Lipinski definition) is 4. The molecule has 0 fully saturated rings. The Morgan fingerprint density at radius 3 is 2.93 bits per heavy atom. The normalized spacial score (nSPS) is 9.43. The van der Waals surface area contributed by atoms with Gasteiger partial charge in [0.05, 0.1) is 11.2 Å². The number of nitrogen functional groups attached to an aromatic ring is 1. The molecule has 0 aliphatic rings. The average molecular weight is 230 g/mol. The third kappa shape index (κ3) is 1.78. The predicted octanol–water partition coefficient (Wildman–Crippen LogP) is 1.50. The van der Waals surface area contributed by atoms with Crippen LogP contribution in [0, 0.1) is 0 Å². The van der Waals surface area contributed by atoms with Gasteiger partial charge in [-0.05, 0) is 11.4 Å². The van der Waals surface area contributed by atoms with E-state index in [1.807, 2.05) is 17.5 Å². The highest BCUT2D eigenvalue weighted by molar-refractivity contribution is 7.13. The number of nitrogens with two attached hydrogens (primary N) is 1. The molecule has 0 radical (unpaired) electrons. The molecule has 0 saturated carbocycles. The summed E-state index contributed by atoms with van der Waals surface area (Å²) in [5.41, 5.74) is 6.01. The molecular formula is C8H8ClN3OS. The number of hydrogen-bond donors (Lipinski definition) is 2. The fraction of sp³-hybridized carbons (Fsp3) is 0. The summed E-state index contributed by atoms with van der Waals surface area (Å²) in [5, 5.41) is 1.91. The summed E-state index contributed by atoms with van der Waals surface area (Å²) in [4.78, 5) is 18.5. The third-order valence-corrected chi connectivity index (χ3v) is 2.52. The molecule has 4 nitrogen and oxygen atoms in total. The molecule has 0 aliphatic heterocycles. The molecule has 3 N–H and O–H groups in total. The van der Waals surface area contributed by atoms with E-state index in [2.05, 4.69) is 9.97 Å². The van der Waals surface area contributed by atoms with Crippen molar-refractivity contribution in [3.8, 4) is 10.6 Å². The van der Waals surface area contributed by atoms with Gasteiger partial charge in [-0.1, -0.05) is 6.07 Å². The van der Waals surface area contributed by atoms with E-state index >= 15 is 0 Å². The van der Waals surface area contributed by atoms with Gasteiger partial charge in [-0.15, -0.1) is 23.7 Å². The van der Waals surface area contributed by atoms with Crippen molar-refractivity contribution < 1.29 is 0 Å². The first kappa shape index (κ1) is 10.7. The Labute approximate surface area is 90.2 Å². The maximum Gasteiger partial charge on any atom is 0.274 e. The van der Waals surface area contributed by atoms with Crippen LogP contribution in [0.3, 0.4) is 0 Å². The SMILES string of the molecule is Cl.Nc1c(-c2cccs2)nc[nH]c1=O. The highest BCUT2D eigenvalue weighted by Gasteiger charge is 2.06. The van der Waals surface area contributed by atoms with Crippen molar-refractivity contribution in [3.05, 3.63) is 34.2 Å². The highest BCUT2D eigenvalue weighted by Crippen LogP contribution is 2.24. The number of H-pyrrole nitrogens is 1. The molecule has 0 atom stereocenters. The van der Waals surface area contributed by atoms with E-state index in [4.69, 9.17) is 5.73 Å². The van der Waals surface area contributed by atoms with Gasteiger partial charge in [0.25, 0.3) is 5.56 Å². The predicted molar refractivity (Wildman–Crippen MR) is 59.8 cm³/mol. The Balaban J connectivity index is 0.000000980. The van der Waals surface area contributed by atoms with E-state index in [-0.39, 0.29) is 23.7 Å². The lowest BCUT2D eigenvalue weighted by Gasteiger charge is -1.98. The Morgan fingerprint density at radius 2 is 2.29 bits per heavy atom. The van der Waals surface area contributed by atoms with Crippen LogP contribution in [0.1, 0.15) is 0 Å². The van der Waals surface area contributed by atoms with E-state index < -0.39 is 0 Å². The second-order valence-electron chi connectivity index (χ2n) is 2.47. The van der Waals surface area contributed by atoms with Crippen LogP contribution in [-0.4, -0.2) is 9.97 Å². The van der Waals surface area contributed by atoms with E-state index in [0.29, 0.717) is 5.69 Å². The summed E-state index contributed by atoms with van der Waals surface area (Å²) in [6, 6.07) is 3.77. The summed E-state index contributed by atoms with van der Waals surface area (Å²) in [6.07, 6.45) is 1.35. The van der Waals surface area contributed by atoms with Crippen LogP contribution in [0.2, 0.25) is 0 Å². The smallest absolute Gasteiger partial charge is 0.274 e. The Bertz CT molecular complexity index is 466. The summed E-state index contributed by atoms with van der Waals surface area (Å²) >= 11 is 1.50. The van der Waals surface area contributed by atoms with Gasteiger partial charge in [-0.2, -0.15) is 0 Å². The first-order valence-electron chi connectivity index (χ1n) is 3.66. The zero-order valence-electron chi connectivity index (χ0n) is 7.06. The molecule has 2 aromatic heterocycles. The summed E-state index contributed by atoms with van der Waals surface area (Å²) in [6.45, 7) is 0. The van der Waals surface area contributed by atoms with E-state index in [1.165, 1.54) is 17.7 Å². The van der Waals surface area contributed by atoms with Crippen LogP contribution in [-0.2, 0) is 0 Å². The van der Waals surface area contributed by atoms with E-state index in [1.54, 1.807) is 0 Å². The minimum Gasteiger partial charge on any atom is -0.392 e. The van der Waals surface area contributed by atoms with Gasteiger partial charge < -0.3 is 10.7 Å². The molecule has 0 bridgehead atoms. The van der Waals surface area contributed by atoms with Gasteiger partial charge in [-0.25, -0.2) is 4.98 Å². The number of aromatic amines is 1. The maximum absolute atomic E-state index is 11.1. The first-order chi connectivity index (χ1) is 6.29. The average Bonchev–Trinajstić information content (AvgIpc) is 2.62. The number of nitrogens with one attached hydrogen (secondary N) is 1. The van der Waals surface area contributed by atoms with Crippen molar-refractivity contribution in [2.45, 2.75) is 0 Å². The molecule has 0 aromatic carbocycles. The molecule has 2 aromatic rings. The van der Waals surface area contributed by atoms with Crippen molar-refractivity contribution in [1.82, 2.24) is 9.97 Å².